The summed E-state index contributed by atoms with van der Waals surface area (Å²) in [5.41, 5.74) is 4.24. The Morgan fingerprint density at radius 1 is 1.02 bits per heavy atom. The molecule has 1 spiro atoms. The molecule has 12 heteroatoms. The number of aromatic nitrogens is 2. The Balaban J connectivity index is 1.37. The number of anilines is 5. The van der Waals surface area contributed by atoms with Gasteiger partial charge < -0.3 is 29.7 Å². The Morgan fingerprint density at radius 2 is 1.70 bits per heavy atom. The molecule has 0 bridgehead atoms. The highest BCUT2D eigenvalue weighted by atomic mass is 35.5. The molecule has 1 saturated carbocycles. The predicted molar refractivity (Wildman–Crippen MR) is 182 cm³/mol. The molecule has 3 aromatic rings. The molecule has 1 saturated heterocycles. The summed E-state index contributed by atoms with van der Waals surface area (Å²) in [6.45, 7) is 7.62. The third-order valence-corrected chi connectivity index (χ3v) is 11.4. The van der Waals surface area contributed by atoms with Crippen molar-refractivity contribution >= 4 is 76.1 Å². The number of hydrogen-bond acceptors (Lipinski definition) is 8. The predicted octanol–water partition coefficient (Wildman–Crippen LogP) is 8.05. The van der Waals surface area contributed by atoms with Crippen LogP contribution in [0, 0.1) is 5.41 Å². The van der Waals surface area contributed by atoms with Crippen LogP contribution >= 0.6 is 41.9 Å². The molecule has 1 aliphatic carbocycles. The van der Waals surface area contributed by atoms with Gasteiger partial charge >= 0.3 is 0 Å². The van der Waals surface area contributed by atoms with Crippen molar-refractivity contribution in [3.05, 3.63) is 51.1 Å². The molecule has 0 atom stereocenters. The molecule has 1 aliphatic heterocycles. The number of aryl methyl sites for hydroxylation is 1. The number of benzene rings is 2. The van der Waals surface area contributed by atoms with Crippen LogP contribution in [0.3, 0.4) is 0 Å². The van der Waals surface area contributed by atoms with Gasteiger partial charge in [0.05, 0.1) is 34.7 Å². The molecule has 2 fully saturated rings. The van der Waals surface area contributed by atoms with Gasteiger partial charge in [0.15, 0.2) is 5.82 Å². The van der Waals surface area contributed by atoms with E-state index in [0.717, 1.165) is 31.2 Å². The first kappa shape index (κ1) is 32.2. The van der Waals surface area contributed by atoms with Gasteiger partial charge in [-0.25, -0.2) is 4.98 Å². The van der Waals surface area contributed by atoms with Crippen LogP contribution in [-0.2, 0) is 11.0 Å². The second-order valence-corrected chi connectivity index (χ2v) is 16.7. The fourth-order valence-corrected chi connectivity index (χ4v) is 7.92. The Hall–Kier alpha value is -2.22. The van der Waals surface area contributed by atoms with E-state index in [1.807, 2.05) is 0 Å². The number of rotatable bonds is 9. The first-order valence-corrected chi connectivity index (χ1v) is 18.3. The van der Waals surface area contributed by atoms with E-state index in [4.69, 9.17) is 39.5 Å². The SMILES string of the molecule is CCc1cc(Nc2ncc(Cl)c(Nc3cc(Cl)c(Cl)cc3P(C)(C)=O)n2)c(OC)cc1N1CCC2(CC1)CC(N(C)C)C2. The Morgan fingerprint density at radius 3 is 2.30 bits per heavy atom. The van der Waals surface area contributed by atoms with Crippen molar-refractivity contribution in [1.82, 2.24) is 14.9 Å². The Labute approximate surface area is 269 Å². The van der Waals surface area contributed by atoms with Gasteiger partial charge in [-0.05, 0) is 88.7 Å². The zero-order valence-corrected chi connectivity index (χ0v) is 28.8. The van der Waals surface area contributed by atoms with Crippen molar-refractivity contribution < 1.29 is 9.30 Å². The van der Waals surface area contributed by atoms with Crippen LogP contribution in [0.5, 0.6) is 5.75 Å². The van der Waals surface area contributed by atoms with Crippen LogP contribution in [0.15, 0.2) is 30.5 Å². The zero-order chi connectivity index (χ0) is 31.1. The van der Waals surface area contributed by atoms with Crippen molar-refractivity contribution in [3.63, 3.8) is 0 Å². The van der Waals surface area contributed by atoms with E-state index < -0.39 is 7.14 Å². The van der Waals surface area contributed by atoms with Crippen LogP contribution in [-0.4, -0.2) is 68.5 Å². The summed E-state index contributed by atoms with van der Waals surface area (Å²) in [6, 6.07) is 8.22. The molecule has 2 aromatic carbocycles. The minimum Gasteiger partial charge on any atom is -0.494 e. The van der Waals surface area contributed by atoms with Gasteiger partial charge in [0, 0.05) is 36.2 Å². The molecule has 0 amide bonds. The first-order chi connectivity index (χ1) is 20.3. The smallest absolute Gasteiger partial charge is 0.229 e. The number of nitrogens with one attached hydrogen (secondary N) is 2. The lowest BCUT2D eigenvalue weighted by Crippen LogP contribution is -2.53. The van der Waals surface area contributed by atoms with Gasteiger partial charge in [0.25, 0.3) is 0 Å². The highest BCUT2D eigenvalue weighted by molar-refractivity contribution is 7.70. The fraction of sp³-hybridized carbons (Fsp3) is 0.484. The second-order valence-electron chi connectivity index (χ2n) is 12.3. The molecule has 0 unspecified atom stereocenters. The van der Waals surface area contributed by atoms with Crippen LogP contribution in [0.4, 0.5) is 28.8 Å². The largest absolute Gasteiger partial charge is 0.494 e. The number of halogens is 3. The van der Waals surface area contributed by atoms with Gasteiger partial charge in [0.1, 0.15) is 17.9 Å². The number of ether oxygens (including phenoxy) is 1. The summed E-state index contributed by atoms with van der Waals surface area (Å²) in [7, 11) is 3.35. The minimum absolute atomic E-state index is 0.299. The molecule has 1 aromatic heterocycles. The Kier molecular flexibility index (Phi) is 9.46. The van der Waals surface area contributed by atoms with Gasteiger partial charge in [-0.15, -0.1) is 0 Å². The van der Waals surface area contributed by atoms with E-state index in [-0.39, 0.29) is 0 Å². The highest BCUT2D eigenvalue weighted by Gasteiger charge is 2.46. The number of piperidine rings is 1. The van der Waals surface area contributed by atoms with Crippen LogP contribution in [0.1, 0.15) is 38.2 Å². The van der Waals surface area contributed by atoms with Crippen LogP contribution in [0.25, 0.3) is 0 Å². The van der Waals surface area contributed by atoms with E-state index in [2.05, 4.69) is 63.6 Å². The van der Waals surface area contributed by atoms with E-state index in [1.165, 1.54) is 43.1 Å². The fourth-order valence-electron chi connectivity index (χ4n) is 6.24. The molecule has 43 heavy (non-hydrogen) atoms. The maximum atomic E-state index is 13.0. The summed E-state index contributed by atoms with van der Waals surface area (Å²) < 4.78 is 18.8. The molecule has 2 N–H and O–H groups in total. The first-order valence-electron chi connectivity index (χ1n) is 14.6. The Bertz CT molecular complexity index is 1550. The molecule has 2 aliphatic rings. The highest BCUT2D eigenvalue weighted by Crippen LogP contribution is 2.51. The second kappa shape index (κ2) is 12.6. The van der Waals surface area contributed by atoms with Crippen molar-refractivity contribution in [3.8, 4) is 5.75 Å². The monoisotopic (exact) mass is 664 g/mol. The molecule has 5 rings (SSSR count). The summed E-state index contributed by atoms with van der Waals surface area (Å²) in [4.78, 5) is 13.9. The summed E-state index contributed by atoms with van der Waals surface area (Å²) in [5.74, 6) is 1.38. The summed E-state index contributed by atoms with van der Waals surface area (Å²) in [5, 5.41) is 8.02. The molecule has 8 nitrogen and oxygen atoms in total. The topological polar surface area (TPSA) is 82.6 Å². The van der Waals surface area contributed by atoms with Crippen molar-refractivity contribution in [1.29, 1.82) is 0 Å². The number of hydrogen-bond donors (Lipinski definition) is 2. The van der Waals surface area contributed by atoms with Crippen LogP contribution < -0.4 is 25.6 Å². The lowest BCUT2D eigenvalue weighted by Gasteiger charge is -2.54. The molecular weight excluding hydrogens is 626 g/mol. The molecule has 232 valence electrons. The van der Waals surface area contributed by atoms with Crippen molar-refractivity contribution in [2.75, 3.05) is 63.2 Å². The van der Waals surface area contributed by atoms with E-state index in [9.17, 15) is 4.57 Å². The van der Waals surface area contributed by atoms with E-state index >= 15 is 0 Å². The summed E-state index contributed by atoms with van der Waals surface area (Å²) in [6.07, 6.45) is 7.45. The number of methoxy groups -OCH3 is 1. The molecule has 2 heterocycles. The maximum Gasteiger partial charge on any atom is 0.229 e. The normalized spacial score (nSPS) is 16.8. The minimum atomic E-state index is -2.70. The van der Waals surface area contributed by atoms with E-state index in [0.29, 0.717) is 49.0 Å². The summed E-state index contributed by atoms with van der Waals surface area (Å²) >= 11 is 19.0. The third-order valence-electron chi connectivity index (χ3n) is 8.88. The number of nitrogens with zero attached hydrogens (tertiary/aromatic N) is 4. The standard InChI is InChI=1S/C31H40Cl3N6O2P/c1-7-19-12-24(27(42-4)15-26(19)40-10-8-31(9-11-40)16-20(17-31)39(2)3)37-30-35-18-23(34)29(38-30)36-25-13-21(32)22(33)14-28(25)43(5,6)41/h12-15,18,20H,7-11,16-17H2,1-6H3,(H2,35,36,37,38). The molecule has 0 radical (unpaired) electrons. The van der Waals surface area contributed by atoms with Gasteiger partial charge in [-0.1, -0.05) is 41.7 Å². The average Bonchev–Trinajstić information content (AvgIpc) is 2.94. The van der Waals surface area contributed by atoms with Crippen molar-refractivity contribution in [2.45, 2.75) is 45.1 Å². The maximum absolute atomic E-state index is 13.0. The van der Waals surface area contributed by atoms with Gasteiger partial charge in [-0.2, -0.15) is 4.98 Å². The van der Waals surface area contributed by atoms with Crippen LogP contribution in [0.2, 0.25) is 15.1 Å². The van der Waals surface area contributed by atoms with Gasteiger partial charge in [-0.3, -0.25) is 0 Å². The third kappa shape index (κ3) is 6.89. The zero-order valence-electron chi connectivity index (χ0n) is 25.6. The molecular formula is C31H40Cl3N6O2P. The van der Waals surface area contributed by atoms with Crippen molar-refractivity contribution in [2.24, 2.45) is 5.41 Å². The van der Waals surface area contributed by atoms with E-state index in [1.54, 1.807) is 32.6 Å². The van der Waals surface area contributed by atoms with Gasteiger partial charge in [0.2, 0.25) is 5.95 Å². The quantitative estimate of drug-likeness (QED) is 0.222. The lowest BCUT2D eigenvalue weighted by atomic mass is 9.60. The average molecular weight is 666 g/mol. The lowest BCUT2D eigenvalue weighted by molar-refractivity contribution is 0.00488.